The summed E-state index contributed by atoms with van der Waals surface area (Å²) in [7, 11) is 1.62. The highest BCUT2D eigenvalue weighted by Gasteiger charge is 2.08. The van der Waals surface area contributed by atoms with Gasteiger partial charge in [0.1, 0.15) is 5.75 Å². The Morgan fingerprint density at radius 2 is 2.00 bits per heavy atom. The first-order chi connectivity index (χ1) is 6.81. The highest BCUT2D eigenvalue weighted by Crippen LogP contribution is 2.20. The minimum atomic E-state index is 0.678. The van der Waals surface area contributed by atoms with Crippen molar-refractivity contribution in [2.75, 3.05) is 7.11 Å². The van der Waals surface area contributed by atoms with Gasteiger partial charge in [-0.25, -0.2) is 0 Å². The van der Waals surface area contributed by atoms with Gasteiger partial charge in [-0.1, -0.05) is 11.3 Å². The Morgan fingerprint density at radius 1 is 1.29 bits per heavy atom. The van der Waals surface area contributed by atoms with Gasteiger partial charge in [0.2, 0.25) is 11.2 Å². The molecule has 1 heterocycles. The Bertz CT molecular complexity index is 422. The third-order valence-electron chi connectivity index (χ3n) is 1.96. The van der Waals surface area contributed by atoms with E-state index in [-0.39, 0.29) is 0 Å². The molecule has 0 N–H and O–H groups in total. The van der Waals surface area contributed by atoms with Crippen LogP contribution >= 0.6 is 11.3 Å². The lowest BCUT2D eigenvalue weighted by Gasteiger charge is -2.00. The van der Waals surface area contributed by atoms with E-state index in [1.807, 2.05) is 29.6 Å². The smallest absolute Gasteiger partial charge is 0.236 e. The molecule has 0 amide bonds. The first-order valence-electron chi connectivity index (χ1n) is 4.11. The van der Waals surface area contributed by atoms with Crippen LogP contribution in [-0.4, -0.2) is 7.11 Å². The first kappa shape index (κ1) is 9.02. The molecule has 0 saturated carbocycles. The van der Waals surface area contributed by atoms with Crippen molar-refractivity contribution in [3.05, 3.63) is 40.4 Å². The second-order valence-electron chi connectivity index (χ2n) is 2.80. The summed E-state index contributed by atoms with van der Waals surface area (Å²) in [5.41, 5.74) is 3.11. The number of methoxy groups -OCH3 is 1. The lowest BCUT2D eigenvalue weighted by molar-refractivity contribution is -0.588. The lowest BCUT2D eigenvalue weighted by atomic mass is 10.2. The van der Waals surface area contributed by atoms with Crippen molar-refractivity contribution in [3.8, 4) is 17.0 Å². The van der Waals surface area contributed by atoms with Gasteiger partial charge in [0.15, 0.2) is 0 Å². The van der Waals surface area contributed by atoms with Gasteiger partial charge in [0.05, 0.1) is 12.5 Å². The molecule has 1 aromatic heterocycles. The quantitative estimate of drug-likeness (QED) is 0.558. The fourth-order valence-electron chi connectivity index (χ4n) is 1.22. The van der Waals surface area contributed by atoms with Gasteiger partial charge in [0, 0.05) is 5.56 Å². The number of aromatic nitrogens is 1. The van der Waals surface area contributed by atoms with Crippen LogP contribution in [0.5, 0.6) is 5.75 Å². The van der Waals surface area contributed by atoms with E-state index in [4.69, 9.17) is 4.74 Å². The predicted octanol–water partition coefficient (Wildman–Crippen LogP) is 2.06. The zero-order valence-corrected chi connectivity index (χ0v) is 8.45. The molecule has 2 rings (SSSR count). The zero-order valence-electron chi connectivity index (χ0n) is 7.64. The summed E-state index contributed by atoms with van der Waals surface area (Å²) in [6.45, 7) is 0. The van der Waals surface area contributed by atoms with Crippen molar-refractivity contribution in [2.45, 2.75) is 0 Å². The fourth-order valence-corrected chi connectivity index (χ4v) is 1.87. The maximum Gasteiger partial charge on any atom is 0.236 e. The van der Waals surface area contributed by atoms with Crippen LogP contribution in [0.15, 0.2) is 35.2 Å². The normalized spacial score (nSPS) is 10.1. The zero-order chi connectivity index (χ0) is 9.97. The number of rotatable bonds is 2. The van der Waals surface area contributed by atoms with Crippen molar-refractivity contribution in [1.82, 2.24) is 0 Å². The molecule has 0 saturated heterocycles. The van der Waals surface area contributed by atoms with Crippen LogP contribution in [0.4, 0.5) is 0 Å². The van der Waals surface area contributed by atoms with Crippen molar-refractivity contribution >= 4 is 11.3 Å². The Morgan fingerprint density at radius 3 is 2.50 bits per heavy atom. The van der Waals surface area contributed by atoms with E-state index in [0.717, 1.165) is 16.0 Å². The van der Waals surface area contributed by atoms with Crippen molar-refractivity contribution in [3.63, 3.8) is 0 Å². The number of hydrogen-bond acceptors (Lipinski definition) is 3. The van der Waals surface area contributed by atoms with Gasteiger partial charge >= 0.3 is 0 Å². The highest BCUT2D eigenvalue weighted by atomic mass is 32.1. The second-order valence-corrected chi connectivity index (χ2v) is 3.52. The molecule has 4 heteroatoms. The van der Waals surface area contributed by atoms with E-state index in [9.17, 15) is 5.21 Å². The van der Waals surface area contributed by atoms with Crippen LogP contribution in [0.25, 0.3) is 11.3 Å². The molecule has 72 valence electrons. The molecule has 0 aliphatic carbocycles. The lowest BCUT2D eigenvalue weighted by Crippen LogP contribution is -2.24. The summed E-state index contributed by atoms with van der Waals surface area (Å²) in [6, 6.07) is 7.42. The van der Waals surface area contributed by atoms with Gasteiger partial charge in [-0.3, -0.25) is 0 Å². The Balaban J connectivity index is 2.39. The molecular formula is C10H9NO2S. The molecule has 0 spiro atoms. The summed E-state index contributed by atoms with van der Waals surface area (Å²) in [5.74, 6) is 0.793. The molecule has 2 aromatic rings. The molecule has 0 aliphatic heterocycles. The molecule has 0 bridgehead atoms. The van der Waals surface area contributed by atoms with E-state index in [1.165, 1.54) is 16.8 Å². The van der Waals surface area contributed by atoms with E-state index in [0.29, 0.717) is 5.69 Å². The molecule has 0 radical (unpaired) electrons. The van der Waals surface area contributed by atoms with E-state index >= 15 is 0 Å². The van der Waals surface area contributed by atoms with Crippen LogP contribution in [-0.2, 0) is 0 Å². The number of ether oxygens (including phenoxy) is 1. The number of nitrogens with zero attached hydrogens (tertiary/aromatic N) is 1. The molecule has 0 aliphatic rings. The Kier molecular flexibility index (Phi) is 2.37. The third-order valence-corrected chi connectivity index (χ3v) is 2.63. The predicted molar refractivity (Wildman–Crippen MR) is 55.3 cm³/mol. The minimum absolute atomic E-state index is 0.678. The Hall–Kier alpha value is -1.55. The van der Waals surface area contributed by atoms with Crippen molar-refractivity contribution in [1.29, 1.82) is 0 Å². The van der Waals surface area contributed by atoms with Gasteiger partial charge < -0.3 is 9.94 Å². The van der Waals surface area contributed by atoms with Crippen LogP contribution in [0.3, 0.4) is 0 Å². The molecule has 0 fully saturated rings. The minimum Gasteiger partial charge on any atom is -0.618 e. The monoisotopic (exact) mass is 207 g/mol. The molecule has 3 nitrogen and oxygen atoms in total. The van der Waals surface area contributed by atoms with E-state index in [1.54, 1.807) is 7.11 Å². The summed E-state index contributed by atoms with van der Waals surface area (Å²) in [6.07, 6.45) is 0. The molecule has 14 heavy (non-hydrogen) atoms. The second kappa shape index (κ2) is 3.67. The Labute approximate surface area is 85.8 Å². The third kappa shape index (κ3) is 1.56. The highest BCUT2D eigenvalue weighted by molar-refractivity contribution is 7.07. The van der Waals surface area contributed by atoms with Crippen LogP contribution in [0.2, 0.25) is 0 Å². The van der Waals surface area contributed by atoms with Gasteiger partial charge in [-0.05, 0) is 24.3 Å². The summed E-state index contributed by atoms with van der Waals surface area (Å²) < 4.78 is 5.90. The number of hydrogen-bond donors (Lipinski definition) is 0. The summed E-state index contributed by atoms with van der Waals surface area (Å²) in [4.78, 5) is 0. The molecule has 1 aromatic carbocycles. The largest absolute Gasteiger partial charge is 0.618 e. The number of thiazole rings is 1. The number of benzene rings is 1. The van der Waals surface area contributed by atoms with Gasteiger partial charge in [-0.15, -0.1) is 0 Å². The SMILES string of the molecule is COc1ccc(-c2csc[n+]2[O-])cc1. The molecule has 0 unspecified atom stereocenters. The van der Waals surface area contributed by atoms with Gasteiger partial charge in [-0.2, -0.15) is 4.73 Å². The van der Waals surface area contributed by atoms with Crippen LogP contribution in [0, 0.1) is 5.21 Å². The standard InChI is InChI=1S/C10H9NO2S/c1-13-9-4-2-8(3-5-9)10-6-14-7-11(10)12/h2-7H,1H3. The molecular weight excluding hydrogens is 198 g/mol. The van der Waals surface area contributed by atoms with E-state index < -0.39 is 0 Å². The summed E-state index contributed by atoms with van der Waals surface area (Å²) >= 11 is 1.39. The average molecular weight is 207 g/mol. The van der Waals surface area contributed by atoms with Gasteiger partial charge in [0.25, 0.3) is 0 Å². The average Bonchev–Trinajstić information content (AvgIpc) is 2.65. The van der Waals surface area contributed by atoms with Crippen LogP contribution in [0.1, 0.15) is 0 Å². The first-order valence-corrected chi connectivity index (χ1v) is 5.05. The maximum atomic E-state index is 11.3. The van der Waals surface area contributed by atoms with Crippen molar-refractivity contribution < 1.29 is 9.47 Å². The molecule has 0 atom stereocenters. The van der Waals surface area contributed by atoms with Crippen molar-refractivity contribution in [2.24, 2.45) is 0 Å². The maximum absolute atomic E-state index is 11.3. The fraction of sp³-hybridized carbons (Fsp3) is 0.100. The topological polar surface area (TPSA) is 36.2 Å². The van der Waals surface area contributed by atoms with Crippen LogP contribution < -0.4 is 9.47 Å². The van der Waals surface area contributed by atoms with E-state index in [2.05, 4.69) is 0 Å². The summed E-state index contributed by atoms with van der Waals surface area (Å²) in [5, 5.41) is 13.1.